The summed E-state index contributed by atoms with van der Waals surface area (Å²) in [6, 6.07) is 6.18. The van der Waals surface area contributed by atoms with Crippen molar-refractivity contribution >= 4 is 41.6 Å². The van der Waals surface area contributed by atoms with Gasteiger partial charge in [0.1, 0.15) is 5.82 Å². The predicted molar refractivity (Wildman–Crippen MR) is 110 cm³/mol. The van der Waals surface area contributed by atoms with Crippen LogP contribution in [-0.4, -0.2) is 44.2 Å². The minimum Gasteiger partial charge on any atom is -0.384 e. The van der Waals surface area contributed by atoms with Gasteiger partial charge in [0.2, 0.25) is 0 Å². The lowest BCUT2D eigenvalue weighted by atomic mass is 9.79. The molecule has 3 rings (SSSR count). The summed E-state index contributed by atoms with van der Waals surface area (Å²) in [4.78, 5) is 17.1. The molecule has 1 aliphatic heterocycles. The molecule has 1 aliphatic rings. The summed E-state index contributed by atoms with van der Waals surface area (Å²) in [6.45, 7) is 4.84. The van der Waals surface area contributed by atoms with Gasteiger partial charge in [0.15, 0.2) is 0 Å². The second-order valence-corrected chi connectivity index (χ2v) is 6.82. The number of carbonyl (C=O) groups is 1. The summed E-state index contributed by atoms with van der Waals surface area (Å²) in [7, 11) is 1.70. The van der Waals surface area contributed by atoms with Gasteiger partial charge in [-0.1, -0.05) is 0 Å². The number of aromatic nitrogens is 1. The van der Waals surface area contributed by atoms with E-state index in [4.69, 9.17) is 4.74 Å². The first-order valence-corrected chi connectivity index (χ1v) is 8.58. The van der Waals surface area contributed by atoms with Crippen LogP contribution in [0.4, 0.5) is 4.39 Å². The maximum absolute atomic E-state index is 13.3. The van der Waals surface area contributed by atoms with Crippen LogP contribution in [0.2, 0.25) is 0 Å². The summed E-state index contributed by atoms with van der Waals surface area (Å²) in [5, 5.41) is 7.15. The third-order valence-electron chi connectivity index (χ3n) is 4.95. The largest absolute Gasteiger partial charge is 0.384 e. The molecule has 0 bridgehead atoms. The van der Waals surface area contributed by atoms with Gasteiger partial charge >= 0.3 is 0 Å². The highest BCUT2D eigenvalue weighted by Gasteiger charge is 2.32. The normalized spacial score (nSPS) is 15.5. The van der Waals surface area contributed by atoms with Crippen LogP contribution in [0.5, 0.6) is 0 Å². The quantitative estimate of drug-likeness (QED) is 0.783. The van der Waals surface area contributed by atoms with Crippen molar-refractivity contribution in [2.75, 3.05) is 33.4 Å². The van der Waals surface area contributed by atoms with Crippen molar-refractivity contribution in [3.05, 3.63) is 41.3 Å². The molecule has 1 aromatic carbocycles. The number of ether oxygens (including phenoxy) is 1. The number of aryl methyl sites for hydroxylation is 1. The number of amides is 1. The van der Waals surface area contributed by atoms with E-state index in [0.717, 1.165) is 31.3 Å². The molecule has 0 aliphatic carbocycles. The van der Waals surface area contributed by atoms with Gasteiger partial charge in [0, 0.05) is 30.5 Å². The third-order valence-corrected chi connectivity index (χ3v) is 4.95. The van der Waals surface area contributed by atoms with E-state index in [0.29, 0.717) is 29.9 Å². The van der Waals surface area contributed by atoms with Crippen molar-refractivity contribution in [1.29, 1.82) is 0 Å². The molecule has 0 atom stereocenters. The van der Waals surface area contributed by atoms with Gasteiger partial charge in [-0.15, -0.1) is 24.8 Å². The molecule has 0 spiro atoms. The molecule has 2 aromatic rings. The number of halogens is 3. The van der Waals surface area contributed by atoms with Crippen LogP contribution < -0.4 is 10.6 Å². The van der Waals surface area contributed by atoms with Gasteiger partial charge in [-0.2, -0.15) is 0 Å². The lowest BCUT2D eigenvalue weighted by Crippen LogP contribution is -2.47. The first-order chi connectivity index (χ1) is 12.0. The van der Waals surface area contributed by atoms with E-state index in [1.165, 1.54) is 12.1 Å². The van der Waals surface area contributed by atoms with Gasteiger partial charge < -0.3 is 15.4 Å². The number of nitrogens with zero attached hydrogens (tertiary/aromatic N) is 1. The number of hydrogen-bond acceptors (Lipinski definition) is 4. The SMILES string of the molecule is COCC1(CNC(=O)c2cc3ccc(F)cc3nc2C)CCNCC1.Cl.Cl. The van der Waals surface area contributed by atoms with Crippen LogP contribution in [0.25, 0.3) is 10.9 Å². The number of nitrogens with one attached hydrogen (secondary N) is 2. The molecule has 1 fully saturated rings. The smallest absolute Gasteiger partial charge is 0.253 e. The Labute approximate surface area is 171 Å². The number of rotatable bonds is 5. The first kappa shape index (κ1) is 23.6. The van der Waals surface area contributed by atoms with E-state index in [9.17, 15) is 9.18 Å². The van der Waals surface area contributed by atoms with Gasteiger partial charge in [0.25, 0.3) is 5.91 Å². The Kier molecular flexibility index (Phi) is 8.88. The van der Waals surface area contributed by atoms with Crippen LogP contribution in [0.15, 0.2) is 24.3 Å². The summed E-state index contributed by atoms with van der Waals surface area (Å²) in [5.41, 5.74) is 1.65. The van der Waals surface area contributed by atoms with Crippen molar-refractivity contribution in [2.45, 2.75) is 19.8 Å². The van der Waals surface area contributed by atoms with Crippen molar-refractivity contribution < 1.29 is 13.9 Å². The summed E-state index contributed by atoms with van der Waals surface area (Å²) in [5.74, 6) is -0.478. The highest BCUT2D eigenvalue weighted by Crippen LogP contribution is 2.28. The van der Waals surface area contributed by atoms with E-state index in [2.05, 4.69) is 15.6 Å². The molecule has 0 saturated carbocycles. The Morgan fingerprint density at radius 2 is 2.00 bits per heavy atom. The number of fused-ring (bicyclic) bond motifs is 1. The minimum absolute atomic E-state index is 0. The van der Waals surface area contributed by atoms with Gasteiger partial charge in [-0.05, 0) is 51.1 Å². The molecule has 150 valence electrons. The number of pyridine rings is 1. The van der Waals surface area contributed by atoms with Crippen LogP contribution in [-0.2, 0) is 4.74 Å². The van der Waals surface area contributed by atoms with E-state index in [1.807, 2.05) is 0 Å². The molecule has 1 saturated heterocycles. The lowest BCUT2D eigenvalue weighted by Gasteiger charge is -2.37. The molecule has 27 heavy (non-hydrogen) atoms. The summed E-state index contributed by atoms with van der Waals surface area (Å²) < 4.78 is 18.7. The second-order valence-electron chi connectivity index (χ2n) is 6.82. The Balaban J connectivity index is 0.00000182. The molecule has 2 N–H and O–H groups in total. The molecule has 1 aromatic heterocycles. The maximum atomic E-state index is 13.3. The maximum Gasteiger partial charge on any atom is 0.253 e. The molecule has 0 unspecified atom stereocenters. The van der Waals surface area contributed by atoms with E-state index in [1.54, 1.807) is 26.2 Å². The molecule has 2 heterocycles. The van der Waals surface area contributed by atoms with E-state index >= 15 is 0 Å². The van der Waals surface area contributed by atoms with Crippen molar-refractivity contribution in [2.24, 2.45) is 5.41 Å². The zero-order valence-electron chi connectivity index (χ0n) is 15.5. The van der Waals surface area contributed by atoms with Crippen molar-refractivity contribution in [1.82, 2.24) is 15.6 Å². The number of piperidine rings is 1. The third kappa shape index (κ3) is 5.51. The van der Waals surface area contributed by atoms with Crippen LogP contribution in [0.3, 0.4) is 0 Å². The number of hydrogen-bond donors (Lipinski definition) is 2. The van der Waals surface area contributed by atoms with Crippen molar-refractivity contribution in [3.63, 3.8) is 0 Å². The average molecular weight is 418 g/mol. The topological polar surface area (TPSA) is 63.2 Å². The molecule has 8 heteroatoms. The summed E-state index contributed by atoms with van der Waals surface area (Å²) >= 11 is 0. The monoisotopic (exact) mass is 417 g/mol. The zero-order valence-corrected chi connectivity index (χ0v) is 17.1. The molecular weight excluding hydrogens is 392 g/mol. The predicted octanol–water partition coefficient (Wildman–Crippen LogP) is 3.27. The van der Waals surface area contributed by atoms with Gasteiger partial charge in [0.05, 0.1) is 23.4 Å². The number of carbonyl (C=O) groups excluding carboxylic acids is 1. The average Bonchev–Trinajstić information content (AvgIpc) is 2.60. The Bertz CT molecular complexity index is 777. The highest BCUT2D eigenvalue weighted by molar-refractivity contribution is 5.98. The molecule has 5 nitrogen and oxygen atoms in total. The Morgan fingerprint density at radius 3 is 2.67 bits per heavy atom. The Morgan fingerprint density at radius 1 is 1.30 bits per heavy atom. The van der Waals surface area contributed by atoms with Crippen LogP contribution >= 0.6 is 24.8 Å². The molecular formula is C19H26Cl2FN3O2. The number of benzene rings is 1. The fourth-order valence-corrected chi connectivity index (χ4v) is 3.46. The van der Waals surface area contributed by atoms with Gasteiger partial charge in [-0.25, -0.2) is 4.39 Å². The second kappa shape index (κ2) is 10.2. The van der Waals surface area contributed by atoms with Gasteiger partial charge in [-0.3, -0.25) is 9.78 Å². The summed E-state index contributed by atoms with van der Waals surface area (Å²) in [6.07, 6.45) is 1.94. The lowest BCUT2D eigenvalue weighted by molar-refractivity contribution is 0.0511. The standard InChI is InChI=1S/C19H24FN3O2.2ClH/c1-13-16(9-14-3-4-15(20)10-17(14)23-13)18(24)22-11-19(12-25-2)5-7-21-8-6-19;;/h3-4,9-10,21H,5-8,11-12H2,1-2H3,(H,22,24);2*1H. The van der Waals surface area contributed by atoms with E-state index < -0.39 is 0 Å². The highest BCUT2D eigenvalue weighted by atomic mass is 35.5. The van der Waals surface area contributed by atoms with Crippen LogP contribution in [0, 0.1) is 18.2 Å². The number of methoxy groups -OCH3 is 1. The van der Waals surface area contributed by atoms with E-state index in [-0.39, 0.29) is 42.0 Å². The zero-order chi connectivity index (χ0) is 17.9. The minimum atomic E-state index is -0.330. The fourth-order valence-electron chi connectivity index (χ4n) is 3.46. The molecule has 1 amide bonds. The van der Waals surface area contributed by atoms with Crippen LogP contribution in [0.1, 0.15) is 28.9 Å². The molecule has 0 radical (unpaired) electrons. The Hall–Kier alpha value is -1.47. The fraction of sp³-hybridized carbons (Fsp3) is 0.474. The first-order valence-electron chi connectivity index (χ1n) is 8.58. The van der Waals surface area contributed by atoms with Crippen molar-refractivity contribution in [3.8, 4) is 0 Å².